The van der Waals surface area contributed by atoms with Crippen LogP contribution in [0.4, 0.5) is 0 Å². The highest BCUT2D eigenvalue weighted by Crippen LogP contribution is 2.72. The van der Waals surface area contributed by atoms with E-state index in [2.05, 4.69) is 128 Å². The van der Waals surface area contributed by atoms with Gasteiger partial charge >= 0.3 is 0 Å². The first kappa shape index (κ1) is 45.3. The van der Waals surface area contributed by atoms with E-state index in [0.29, 0.717) is 0 Å². The van der Waals surface area contributed by atoms with E-state index in [1.54, 1.807) is 66.4 Å². The van der Waals surface area contributed by atoms with Crippen LogP contribution in [0.5, 0.6) is 0 Å². The summed E-state index contributed by atoms with van der Waals surface area (Å²) < 4.78 is 0. The van der Waals surface area contributed by atoms with E-state index in [1.807, 2.05) is 22.3 Å². The van der Waals surface area contributed by atoms with Gasteiger partial charge in [0, 0.05) is 0 Å². The predicted octanol–water partition coefficient (Wildman–Crippen LogP) is 20.5. The van der Waals surface area contributed by atoms with Crippen molar-refractivity contribution in [1.29, 1.82) is 0 Å². The summed E-state index contributed by atoms with van der Waals surface area (Å²) >= 11 is 0. The van der Waals surface area contributed by atoms with Crippen LogP contribution in [0.1, 0.15) is 254 Å². The maximum atomic E-state index is 2.89. The smallest absolute Gasteiger partial charge is 0.000720 e. The Hall–Kier alpha value is -4.16. The summed E-state index contributed by atoms with van der Waals surface area (Å²) in [4.78, 5) is 0. The van der Waals surface area contributed by atoms with Gasteiger partial charge in [0.25, 0.3) is 0 Å². The van der Waals surface area contributed by atoms with Crippen molar-refractivity contribution in [2.75, 3.05) is 0 Å². The van der Waals surface area contributed by atoms with Crippen LogP contribution in [0.3, 0.4) is 0 Å². The quantitative estimate of drug-likeness (QED) is 0.162. The van der Waals surface area contributed by atoms with E-state index in [4.69, 9.17) is 0 Å². The van der Waals surface area contributed by atoms with Gasteiger partial charge < -0.3 is 0 Å². The van der Waals surface area contributed by atoms with Crippen LogP contribution in [0, 0.1) is 0 Å². The molecule has 4 spiro atoms. The van der Waals surface area contributed by atoms with Crippen LogP contribution >= 0.6 is 0 Å². The van der Waals surface area contributed by atoms with Crippen molar-refractivity contribution >= 4 is 21.5 Å². The fraction of sp³-hybridized carbons (Fsp3) is 0.556. The van der Waals surface area contributed by atoms with Crippen molar-refractivity contribution in [2.24, 2.45) is 0 Å². The highest BCUT2D eigenvalue weighted by molar-refractivity contribution is 6.28. The lowest BCUT2D eigenvalue weighted by atomic mass is 9.62. The molecule has 0 heteroatoms. The van der Waals surface area contributed by atoms with Crippen molar-refractivity contribution in [1.82, 2.24) is 0 Å². The molecule has 4 fully saturated rings. The summed E-state index contributed by atoms with van der Waals surface area (Å²) in [7, 11) is 0. The average Bonchev–Trinajstić information content (AvgIpc) is 4.02. The van der Waals surface area contributed by atoms with Gasteiger partial charge in [-0.15, -0.1) is 0 Å². The van der Waals surface area contributed by atoms with E-state index >= 15 is 0 Å². The Bertz CT molecular complexity index is 2970. The van der Waals surface area contributed by atoms with Gasteiger partial charge in [0.1, 0.15) is 0 Å². The van der Waals surface area contributed by atoms with Gasteiger partial charge in [-0.2, -0.15) is 0 Å². The van der Waals surface area contributed by atoms with Crippen molar-refractivity contribution in [3.05, 3.63) is 117 Å². The van der Waals surface area contributed by atoms with Gasteiger partial charge in [-0.05, 0) is 231 Å². The van der Waals surface area contributed by atoms with Gasteiger partial charge in [0.15, 0.2) is 0 Å². The molecule has 6 aromatic rings. The highest BCUT2D eigenvalue weighted by Gasteiger charge is 2.59. The lowest BCUT2D eigenvalue weighted by Gasteiger charge is -2.42. The second-order valence-corrected chi connectivity index (χ2v) is 29.6. The molecule has 0 saturated heterocycles. The summed E-state index contributed by atoms with van der Waals surface area (Å²) in [6.45, 7) is 21.3. The van der Waals surface area contributed by atoms with Crippen LogP contribution in [0.2, 0.25) is 0 Å². The minimum atomic E-state index is 0.129. The molecular weight excluding hydrogens is 865 g/mol. The van der Waals surface area contributed by atoms with Crippen molar-refractivity contribution in [3.8, 4) is 44.5 Å². The number of rotatable bonds is 2. The van der Waals surface area contributed by atoms with Crippen LogP contribution in [0.25, 0.3) is 66.1 Å². The zero-order valence-electron chi connectivity index (χ0n) is 45.9. The van der Waals surface area contributed by atoms with Crippen molar-refractivity contribution in [2.45, 2.75) is 253 Å². The van der Waals surface area contributed by atoms with Crippen LogP contribution in [-0.4, -0.2) is 0 Å². The molecule has 372 valence electrons. The first-order valence-electron chi connectivity index (χ1n) is 30.1. The molecule has 0 bridgehead atoms. The Morgan fingerprint density at radius 3 is 0.875 bits per heavy atom. The van der Waals surface area contributed by atoms with Crippen molar-refractivity contribution in [3.63, 3.8) is 0 Å². The summed E-state index contributed by atoms with van der Waals surface area (Å²) in [5, 5.41) is 6.03. The van der Waals surface area contributed by atoms with E-state index in [0.717, 1.165) is 0 Å². The van der Waals surface area contributed by atoms with Crippen LogP contribution < -0.4 is 0 Å². The number of fused-ring (bicyclic) bond motifs is 12. The lowest BCUT2D eigenvalue weighted by molar-refractivity contribution is 0.252. The SMILES string of the molecule is CC1(C)CC2(CCCCC2)c2c1cc1c(c2-c2c3c(c(-c4c5c(cc6c4C4(CCCCC4)CC6(C)C)C(C)(C)CC54CCCCC4)c4ccccc24)-c2cccc4cccc-3c24)C2(CCCCC2)CC1(C)C. The zero-order chi connectivity index (χ0) is 49.0. The Morgan fingerprint density at radius 2 is 0.583 bits per heavy atom. The molecule has 15 rings (SSSR count). The maximum absolute atomic E-state index is 2.89. The van der Waals surface area contributed by atoms with Crippen LogP contribution in [-0.2, 0) is 43.3 Å². The summed E-state index contributed by atoms with van der Waals surface area (Å²) in [5.41, 5.74) is 28.6. The third-order valence-electron chi connectivity index (χ3n) is 23.2. The second-order valence-electron chi connectivity index (χ2n) is 29.6. The lowest BCUT2D eigenvalue weighted by Crippen LogP contribution is -2.31. The molecule has 9 aliphatic carbocycles. The highest BCUT2D eigenvalue weighted by atomic mass is 14.6. The maximum Gasteiger partial charge on any atom is -0.000720 e. The fourth-order valence-corrected chi connectivity index (χ4v) is 21.2. The standard InChI is InChI=1S/C72H84/c1-65(2)41-69(31-15-9-16-32-69)61-50(65)39-51-62(70(42-66(51,3)4)33-17-10-18-34-70)59(61)55-46-27-13-14-28-47(46)56(58-49-30-24-26-45-25-23-29-48(54(45)49)57(55)58)60-63-52(67(5,6)43-71(63)35-19-11-20-36-71)40-53-64(60)72(44-68(53,7)8)37-21-12-22-38-72/h13-14,23-30,39-40H,9-12,15-22,31-38,41-44H2,1-8H3. The molecule has 72 heavy (non-hydrogen) atoms. The molecular formula is C72H84. The number of benzene rings is 6. The largest absolute Gasteiger partial charge is 0.0616 e. The first-order chi connectivity index (χ1) is 34.5. The first-order valence-corrected chi connectivity index (χ1v) is 30.1. The minimum Gasteiger partial charge on any atom is -0.0616 e. The Kier molecular flexibility index (Phi) is 9.31. The molecule has 6 aromatic carbocycles. The molecule has 0 radical (unpaired) electrons. The van der Waals surface area contributed by atoms with Gasteiger partial charge in [0.05, 0.1) is 0 Å². The summed E-state index contributed by atoms with van der Waals surface area (Å²) in [5.74, 6) is 0. The molecule has 4 saturated carbocycles. The Morgan fingerprint density at radius 1 is 0.292 bits per heavy atom. The van der Waals surface area contributed by atoms with Gasteiger partial charge in [-0.1, -0.05) is 205 Å². The molecule has 0 aromatic heterocycles. The van der Waals surface area contributed by atoms with Gasteiger partial charge in [-0.25, -0.2) is 0 Å². The molecule has 0 N–H and O–H groups in total. The van der Waals surface area contributed by atoms with Gasteiger partial charge in [0.2, 0.25) is 0 Å². The molecule has 0 aliphatic heterocycles. The second kappa shape index (κ2) is 14.8. The summed E-state index contributed by atoms with van der Waals surface area (Å²) in [6.07, 6.45) is 32.4. The van der Waals surface area contributed by atoms with Crippen LogP contribution in [0.15, 0.2) is 72.8 Å². The molecule has 0 atom stereocenters. The van der Waals surface area contributed by atoms with E-state index < -0.39 is 0 Å². The third-order valence-corrected chi connectivity index (χ3v) is 23.2. The predicted molar refractivity (Wildman–Crippen MR) is 306 cm³/mol. The molecule has 0 unspecified atom stereocenters. The van der Waals surface area contributed by atoms with E-state index in [9.17, 15) is 0 Å². The van der Waals surface area contributed by atoms with Gasteiger partial charge in [-0.3, -0.25) is 0 Å². The molecule has 0 amide bonds. The molecule has 9 aliphatic rings. The topological polar surface area (TPSA) is 0 Å². The zero-order valence-corrected chi connectivity index (χ0v) is 45.9. The minimum absolute atomic E-state index is 0.129. The Labute approximate surface area is 434 Å². The monoisotopic (exact) mass is 949 g/mol. The normalized spacial score (nSPS) is 25.3. The molecule has 0 heterocycles. The molecule has 0 nitrogen and oxygen atoms in total. The average molecular weight is 949 g/mol. The summed E-state index contributed by atoms with van der Waals surface area (Å²) in [6, 6.07) is 31.0. The fourth-order valence-electron chi connectivity index (χ4n) is 21.2. The van der Waals surface area contributed by atoms with E-state index in [1.165, 1.54) is 176 Å². The third kappa shape index (κ3) is 5.78. The van der Waals surface area contributed by atoms with Crippen molar-refractivity contribution < 1.29 is 0 Å². The number of hydrogen-bond donors (Lipinski definition) is 0. The number of hydrogen-bond acceptors (Lipinski definition) is 0. The Balaban J connectivity index is 1.19. The van der Waals surface area contributed by atoms with E-state index in [-0.39, 0.29) is 43.3 Å².